The van der Waals surface area contributed by atoms with E-state index in [4.69, 9.17) is 4.74 Å². The molecule has 4 aromatic rings. The lowest BCUT2D eigenvalue weighted by atomic mass is 9.70. The average Bonchev–Trinajstić information content (AvgIpc) is 3.12. The van der Waals surface area contributed by atoms with E-state index in [1.807, 2.05) is 102 Å². The Kier molecular flexibility index (Phi) is 12.6. The van der Waals surface area contributed by atoms with Gasteiger partial charge in [0.25, 0.3) is 5.91 Å². The van der Waals surface area contributed by atoms with Crippen molar-refractivity contribution in [3.05, 3.63) is 95.9 Å². The summed E-state index contributed by atoms with van der Waals surface area (Å²) in [6, 6.07) is 20.4. The molecule has 5 rings (SSSR count). The molecule has 6 atom stereocenters. The highest BCUT2D eigenvalue weighted by atomic mass is 16.5. The minimum atomic E-state index is -1.18. The zero-order chi connectivity index (χ0) is 37.4. The highest BCUT2D eigenvalue weighted by molar-refractivity contribution is 5.98. The number of nitrogens with zero attached hydrogens (tertiary/aromatic N) is 3. The molecule has 12 heteroatoms. The van der Waals surface area contributed by atoms with Gasteiger partial charge in [-0.3, -0.25) is 14.4 Å². The summed E-state index contributed by atoms with van der Waals surface area (Å²) in [5.74, 6) is -1.86. The van der Waals surface area contributed by atoms with Crippen LogP contribution in [0.4, 0.5) is 0 Å². The summed E-state index contributed by atoms with van der Waals surface area (Å²) in [5.41, 5.74) is 2.15. The van der Waals surface area contributed by atoms with Crippen molar-refractivity contribution in [2.45, 2.75) is 90.6 Å². The van der Waals surface area contributed by atoms with E-state index in [-0.39, 0.29) is 42.1 Å². The fourth-order valence-corrected chi connectivity index (χ4v) is 6.78. The van der Waals surface area contributed by atoms with Crippen LogP contribution in [0.3, 0.4) is 0 Å². The predicted octanol–water partition coefficient (Wildman–Crippen LogP) is 4.08. The summed E-state index contributed by atoms with van der Waals surface area (Å²) in [6.07, 6.45) is 1.29. The Morgan fingerprint density at radius 2 is 1.69 bits per heavy atom. The highest BCUT2D eigenvalue weighted by Crippen LogP contribution is 2.39. The molecule has 2 aromatic heterocycles. The molecule has 2 aromatic carbocycles. The number of hydrogen-bond acceptors (Lipinski definition) is 9. The number of para-hydroxylation sites is 1. The van der Waals surface area contributed by atoms with Gasteiger partial charge < -0.3 is 31.1 Å². The molecule has 1 saturated heterocycles. The van der Waals surface area contributed by atoms with Gasteiger partial charge >= 0.3 is 6.01 Å². The molecule has 5 unspecified atom stereocenters. The molecule has 1 aliphatic rings. The zero-order valence-corrected chi connectivity index (χ0v) is 30.8. The number of piperidine rings is 1. The molecule has 0 radical (unpaired) electrons. The molecule has 5 N–H and O–H groups in total. The Morgan fingerprint density at radius 1 is 0.962 bits per heavy atom. The minimum absolute atomic E-state index is 0.117. The van der Waals surface area contributed by atoms with Gasteiger partial charge in [-0.05, 0) is 55.0 Å². The first kappa shape index (κ1) is 38.3. The maximum Gasteiger partial charge on any atom is 0.316 e. The molecule has 3 amide bonds. The van der Waals surface area contributed by atoms with Crippen molar-refractivity contribution in [1.82, 2.24) is 36.2 Å². The third-order valence-corrected chi connectivity index (χ3v) is 9.44. The van der Waals surface area contributed by atoms with Crippen LogP contribution in [0, 0.1) is 18.3 Å². The van der Waals surface area contributed by atoms with E-state index in [9.17, 15) is 19.5 Å². The summed E-state index contributed by atoms with van der Waals surface area (Å²) >= 11 is 0. The number of aryl methyl sites for hydroxylation is 1. The molecule has 1 fully saturated rings. The van der Waals surface area contributed by atoms with Crippen LogP contribution < -0.4 is 26.0 Å². The number of carbonyl (C=O) groups is 3. The van der Waals surface area contributed by atoms with Crippen molar-refractivity contribution < 1.29 is 24.2 Å². The maximum absolute atomic E-state index is 14.2. The van der Waals surface area contributed by atoms with E-state index in [1.165, 1.54) is 0 Å². The van der Waals surface area contributed by atoms with E-state index in [2.05, 4.69) is 36.2 Å². The van der Waals surface area contributed by atoms with Gasteiger partial charge in [-0.1, -0.05) is 89.2 Å². The van der Waals surface area contributed by atoms with Gasteiger partial charge in [0.1, 0.15) is 17.8 Å². The highest BCUT2D eigenvalue weighted by Gasteiger charge is 2.40. The summed E-state index contributed by atoms with van der Waals surface area (Å²) < 4.78 is 5.99. The zero-order valence-electron chi connectivity index (χ0n) is 30.8. The first-order chi connectivity index (χ1) is 24.8. The van der Waals surface area contributed by atoms with Gasteiger partial charge in [0.15, 0.2) is 0 Å². The number of aliphatic hydroxyl groups is 1. The molecular weight excluding hydrogens is 658 g/mol. The normalized spacial score (nSPS) is 18.5. The van der Waals surface area contributed by atoms with Crippen molar-refractivity contribution in [3.8, 4) is 6.01 Å². The monoisotopic (exact) mass is 709 g/mol. The maximum atomic E-state index is 14.2. The second kappa shape index (κ2) is 17.1. The number of aliphatic hydroxyl groups excluding tert-OH is 1. The summed E-state index contributed by atoms with van der Waals surface area (Å²) in [4.78, 5) is 54.1. The van der Waals surface area contributed by atoms with E-state index in [0.29, 0.717) is 24.9 Å². The fourth-order valence-electron chi connectivity index (χ4n) is 6.78. The third kappa shape index (κ3) is 9.89. The quantitative estimate of drug-likeness (QED) is 0.138. The van der Waals surface area contributed by atoms with E-state index in [1.54, 1.807) is 18.3 Å². The van der Waals surface area contributed by atoms with Gasteiger partial charge in [-0.15, -0.1) is 0 Å². The number of ether oxygens (including phenoxy) is 1. The Bertz CT molecular complexity index is 1830. The molecule has 276 valence electrons. The number of hydrogen-bond donors (Lipinski definition) is 5. The standard InChI is InChI=1S/C40H51N7O5/c1-24(2)34(46-37(50)30-17-16-26-12-10-11-15-29(26)45-30)38(51)47-35(33(40(4,5)6)27-13-8-7-9-14-27)32(48)23-43-36(49)31-22-28(19-21-41-31)52-39-42-20-18-25(3)44-39/h7-18,20,24,28,31-35,41,48H,19,21-23H2,1-6H3,(H,43,49)(H,46,50)(H,47,51)/t28?,31?,32?,33?,34-,35?/m0/s1. The van der Waals surface area contributed by atoms with Crippen LogP contribution in [0.5, 0.6) is 6.01 Å². The van der Waals surface area contributed by atoms with Gasteiger partial charge in [0.05, 0.1) is 23.7 Å². The lowest BCUT2D eigenvalue weighted by Crippen LogP contribution is -2.59. The first-order valence-corrected chi connectivity index (χ1v) is 18.0. The van der Waals surface area contributed by atoms with E-state index >= 15 is 0 Å². The van der Waals surface area contributed by atoms with E-state index < -0.39 is 41.5 Å². The number of pyridine rings is 1. The number of rotatable bonds is 13. The minimum Gasteiger partial charge on any atom is -0.460 e. The van der Waals surface area contributed by atoms with Gasteiger partial charge in [-0.25, -0.2) is 15.0 Å². The van der Waals surface area contributed by atoms with E-state index in [0.717, 1.165) is 16.6 Å². The van der Waals surface area contributed by atoms with Crippen molar-refractivity contribution in [1.29, 1.82) is 0 Å². The Morgan fingerprint density at radius 3 is 2.40 bits per heavy atom. The lowest BCUT2D eigenvalue weighted by molar-refractivity contribution is -0.126. The molecule has 1 aliphatic heterocycles. The third-order valence-electron chi connectivity index (χ3n) is 9.44. The number of carbonyl (C=O) groups excluding carboxylic acids is 3. The molecule has 0 bridgehead atoms. The van der Waals surface area contributed by atoms with Crippen LogP contribution in [0.15, 0.2) is 79.0 Å². The van der Waals surface area contributed by atoms with Crippen LogP contribution in [-0.4, -0.2) is 81.2 Å². The van der Waals surface area contributed by atoms with Crippen molar-refractivity contribution in [3.63, 3.8) is 0 Å². The number of nitrogens with one attached hydrogen (secondary N) is 4. The smallest absolute Gasteiger partial charge is 0.316 e. The van der Waals surface area contributed by atoms with Gasteiger partial charge in [0, 0.05) is 36.2 Å². The summed E-state index contributed by atoms with van der Waals surface area (Å²) in [6.45, 7) is 12.1. The lowest BCUT2D eigenvalue weighted by Gasteiger charge is -2.41. The number of amides is 3. The Balaban J connectivity index is 1.32. The SMILES string of the molecule is Cc1ccnc(OC2CCNC(C(=O)NCC(O)C(NC(=O)[C@@H](NC(=O)c3ccc4ccccc4n3)C(C)C)C(c3ccccc3)C(C)(C)C)C2)n1. The second-order valence-electron chi connectivity index (χ2n) is 14.9. The predicted molar refractivity (Wildman–Crippen MR) is 200 cm³/mol. The Labute approximate surface area is 305 Å². The molecule has 12 nitrogen and oxygen atoms in total. The second-order valence-corrected chi connectivity index (χ2v) is 14.9. The van der Waals surface area contributed by atoms with Crippen molar-refractivity contribution in [2.24, 2.45) is 11.3 Å². The molecule has 0 saturated carbocycles. The summed E-state index contributed by atoms with van der Waals surface area (Å²) in [5, 5.41) is 24.9. The van der Waals surface area contributed by atoms with Crippen LogP contribution in [0.2, 0.25) is 0 Å². The van der Waals surface area contributed by atoms with Crippen LogP contribution in [-0.2, 0) is 9.59 Å². The fraction of sp³-hybridized carbons (Fsp3) is 0.450. The van der Waals surface area contributed by atoms with Gasteiger partial charge in [-0.2, -0.15) is 0 Å². The molecule has 0 spiro atoms. The van der Waals surface area contributed by atoms with Crippen molar-refractivity contribution in [2.75, 3.05) is 13.1 Å². The average molecular weight is 710 g/mol. The Hall–Kier alpha value is -4.94. The molecule has 3 heterocycles. The topological polar surface area (TPSA) is 167 Å². The molecule has 0 aliphatic carbocycles. The van der Waals surface area contributed by atoms with Crippen molar-refractivity contribution >= 4 is 28.6 Å². The largest absolute Gasteiger partial charge is 0.460 e. The van der Waals surface area contributed by atoms with Gasteiger partial charge in [0.2, 0.25) is 11.8 Å². The molecular formula is C40H51N7O5. The molecule has 52 heavy (non-hydrogen) atoms. The first-order valence-electron chi connectivity index (χ1n) is 18.0. The van der Waals surface area contributed by atoms with Crippen LogP contribution in [0.1, 0.15) is 75.1 Å². The number of aromatic nitrogens is 3. The van der Waals surface area contributed by atoms with Crippen LogP contribution >= 0.6 is 0 Å². The summed E-state index contributed by atoms with van der Waals surface area (Å²) in [7, 11) is 0. The number of fused-ring (bicyclic) bond motifs is 1. The number of benzene rings is 2. The van der Waals surface area contributed by atoms with Crippen LogP contribution in [0.25, 0.3) is 10.9 Å².